The maximum atomic E-state index is 13.2. The van der Waals surface area contributed by atoms with Gasteiger partial charge in [0.25, 0.3) is 0 Å². The van der Waals surface area contributed by atoms with Crippen LogP contribution in [0.4, 0.5) is 4.39 Å². The van der Waals surface area contributed by atoms with Crippen LogP contribution in [0.15, 0.2) is 60.8 Å². The maximum Gasteiger partial charge on any atom is 0.123 e. The van der Waals surface area contributed by atoms with Crippen LogP contribution in [0, 0.1) is 11.9 Å². The number of hydrogen-bond acceptors (Lipinski definition) is 1. The molecule has 3 aromatic rings. The maximum absolute atomic E-state index is 13.2. The van der Waals surface area contributed by atoms with E-state index in [1.54, 1.807) is 6.07 Å². The minimum atomic E-state index is -0.232. The van der Waals surface area contributed by atoms with Gasteiger partial charge in [0.2, 0.25) is 0 Å². The molecule has 0 aliphatic carbocycles. The van der Waals surface area contributed by atoms with Crippen molar-refractivity contribution >= 4 is 12.2 Å². The first kappa shape index (κ1) is 20.3. The van der Waals surface area contributed by atoms with Gasteiger partial charge in [-0.3, -0.25) is 0 Å². The van der Waals surface area contributed by atoms with Crippen LogP contribution in [-0.4, -0.2) is 4.98 Å². The zero-order valence-corrected chi connectivity index (χ0v) is 17.3. The summed E-state index contributed by atoms with van der Waals surface area (Å²) in [5.41, 5.74) is 5.05. The van der Waals surface area contributed by atoms with E-state index >= 15 is 0 Å². The van der Waals surface area contributed by atoms with Crippen LogP contribution in [0.1, 0.15) is 37.5 Å². The van der Waals surface area contributed by atoms with Crippen LogP contribution < -0.4 is 0 Å². The van der Waals surface area contributed by atoms with Gasteiger partial charge in [-0.1, -0.05) is 57.2 Å². The van der Waals surface area contributed by atoms with E-state index in [0.29, 0.717) is 0 Å². The van der Waals surface area contributed by atoms with Gasteiger partial charge in [0.15, 0.2) is 0 Å². The van der Waals surface area contributed by atoms with Gasteiger partial charge in [0.1, 0.15) is 5.82 Å². The molecule has 0 saturated heterocycles. The Morgan fingerprint density at radius 1 is 0.962 bits per heavy atom. The number of rotatable bonds is 3. The van der Waals surface area contributed by atoms with Crippen molar-refractivity contribution in [1.82, 2.24) is 4.98 Å². The third kappa shape index (κ3) is 5.22. The molecular formula is C23H21FNPt-. The van der Waals surface area contributed by atoms with Crippen molar-refractivity contribution in [3.8, 4) is 11.3 Å². The van der Waals surface area contributed by atoms with Gasteiger partial charge >= 0.3 is 0 Å². The molecule has 0 fully saturated rings. The fourth-order valence-corrected chi connectivity index (χ4v) is 2.52. The number of nitrogens with zero attached hydrogens (tertiary/aromatic N) is 1. The summed E-state index contributed by atoms with van der Waals surface area (Å²) in [6.07, 6.45) is 5.62. The monoisotopic (exact) mass is 525 g/mol. The Kier molecular flexibility index (Phi) is 6.67. The Morgan fingerprint density at radius 2 is 1.73 bits per heavy atom. The normalized spacial score (nSPS) is 11.4. The van der Waals surface area contributed by atoms with E-state index in [4.69, 9.17) is 0 Å². The van der Waals surface area contributed by atoms with Crippen LogP contribution in [0.3, 0.4) is 0 Å². The second kappa shape index (κ2) is 8.55. The molecule has 2 aromatic carbocycles. The fraction of sp³-hybridized carbons (Fsp3) is 0.174. The third-order valence-electron chi connectivity index (χ3n) is 4.06. The number of aromatic nitrogens is 1. The van der Waals surface area contributed by atoms with Crippen molar-refractivity contribution in [1.29, 1.82) is 0 Å². The van der Waals surface area contributed by atoms with Gasteiger partial charge in [-0.2, -0.15) is 0 Å². The van der Waals surface area contributed by atoms with E-state index in [2.05, 4.69) is 44.0 Å². The van der Waals surface area contributed by atoms with E-state index in [1.807, 2.05) is 42.6 Å². The molecule has 26 heavy (non-hydrogen) atoms. The van der Waals surface area contributed by atoms with E-state index in [-0.39, 0.29) is 32.3 Å². The van der Waals surface area contributed by atoms with Gasteiger partial charge in [-0.25, -0.2) is 4.39 Å². The molecule has 0 spiro atoms. The Balaban J connectivity index is 0.00000243. The molecular weight excluding hydrogens is 504 g/mol. The van der Waals surface area contributed by atoms with Crippen molar-refractivity contribution < 1.29 is 25.5 Å². The number of benzene rings is 2. The minimum absolute atomic E-state index is 0. The molecule has 0 aliphatic heterocycles. The van der Waals surface area contributed by atoms with Crippen molar-refractivity contribution in [2.45, 2.75) is 26.2 Å². The Hall–Kier alpha value is -2.05. The first-order chi connectivity index (χ1) is 11.9. The second-order valence-electron chi connectivity index (χ2n) is 7.11. The van der Waals surface area contributed by atoms with Gasteiger partial charge in [-0.15, -0.1) is 35.4 Å². The molecule has 0 radical (unpaired) electrons. The number of hydrogen-bond donors (Lipinski definition) is 0. The average molecular weight is 526 g/mol. The van der Waals surface area contributed by atoms with E-state index in [9.17, 15) is 4.39 Å². The summed E-state index contributed by atoms with van der Waals surface area (Å²) in [4.78, 5) is 4.51. The smallest absolute Gasteiger partial charge is 0.123 e. The summed E-state index contributed by atoms with van der Waals surface area (Å²) in [6.45, 7) is 6.56. The summed E-state index contributed by atoms with van der Waals surface area (Å²) in [5.74, 6) is -0.232. The zero-order valence-electron chi connectivity index (χ0n) is 15.1. The standard InChI is InChI=1S/C23H21FN.Pt/c1-23(2,3)20-12-10-19(11-13-20)22-14-9-18(16-25-22)8-7-17-5-4-6-21(24)15-17;/h4-10,12-16H,1-3H3;/q-1;/b8-7+;. The predicted molar refractivity (Wildman–Crippen MR) is 103 cm³/mol. The zero-order chi connectivity index (χ0) is 17.9. The molecule has 0 bridgehead atoms. The summed E-state index contributed by atoms with van der Waals surface area (Å²) in [7, 11) is 0. The molecule has 0 atom stereocenters. The predicted octanol–water partition coefficient (Wildman–Crippen LogP) is 6.15. The van der Waals surface area contributed by atoms with Crippen molar-refractivity contribution in [2.24, 2.45) is 0 Å². The van der Waals surface area contributed by atoms with Crippen molar-refractivity contribution in [2.75, 3.05) is 0 Å². The van der Waals surface area contributed by atoms with Gasteiger partial charge in [0, 0.05) is 27.3 Å². The summed E-state index contributed by atoms with van der Waals surface area (Å²) < 4.78 is 13.2. The molecule has 1 nitrogen and oxygen atoms in total. The second-order valence-corrected chi connectivity index (χ2v) is 7.11. The molecule has 1 aromatic heterocycles. The van der Waals surface area contributed by atoms with E-state index < -0.39 is 0 Å². The molecule has 0 saturated carbocycles. The number of halogens is 1. The first-order valence-electron chi connectivity index (χ1n) is 8.34. The van der Waals surface area contributed by atoms with Crippen LogP contribution in [0.2, 0.25) is 0 Å². The SMILES string of the molecule is CC(C)(C)c1c[c-]c(-c2ccc(/C=C/c3cccc(F)c3)cn2)cc1.[Pt]. The summed E-state index contributed by atoms with van der Waals surface area (Å²) in [5, 5.41) is 0. The van der Waals surface area contributed by atoms with Crippen LogP contribution in [-0.2, 0) is 26.5 Å². The molecule has 3 rings (SSSR count). The van der Waals surface area contributed by atoms with Crippen LogP contribution in [0.5, 0.6) is 0 Å². The number of pyridine rings is 1. The van der Waals surface area contributed by atoms with Gasteiger partial charge in [-0.05, 0) is 34.4 Å². The van der Waals surface area contributed by atoms with E-state index in [0.717, 1.165) is 22.4 Å². The first-order valence-corrected chi connectivity index (χ1v) is 8.34. The van der Waals surface area contributed by atoms with Crippen molar-refractivity contribution in [3.05, 3.63) is 89.4 Å². The quantitative estimate of drug-likeness (QED) is 0.374. The Morgan fingerprint density at radius 3 is 2.31 bits per heavy atom. The average Bonchev–Trinajstić information content (AvgIpc) is 2.60. The Labute approximate surface area is 169 Å². The third-order valence-corrected chi connectivity index (χ3v) is 4.06. The molecule has 0 unspecified atom stereocenters. The van der Waals surface area contributed by atoms with Gasteiger partial charge < -0.3 is 4.98 Å². The van der Waals surface area contributed by atoms with Crippen molar-refractivity contribution in [3.63, 3.8) is 0 Å². The summed E-state index contributed by atoms with van der Waals surface area (Å²) in [6, 6.07) is 20.0. The molecule has 0 aliphatic rings. The fourth-order valence-electron chi connectivity index (χ4n) is 2.52. The Bertz CT molecular complexity index is 875. The molecule has 136 valence electrons. The topological polar surface area (TPSA) is 12.9 Å². The molecule has 0 amide bonds. The molecule has 3 heteroatoms. The largest absolute Gasteiger partial charge is 0.304 e. The molecule has 1 heterocycles. The van der Waals surface area contributed by atoms with Crippen LogP contribution >= 0.6 is 0 Å². The van der Waals surface area contributed by atoms with E-state index in [1.165, 1.54) is 17.7 Å². The molecule has 0 N–H and O–H groups in total. The minimum Gasteiger partial charge on any atom is -0.304 e. The summed E-state index contributed by atoms with van der Waals surface area (Å²) >= 11 is 0. The van der Waals surface area contributed by atoms with Gasteiger partial charge in [0.05, 0.1) is 0 Å². The van der Waals surface area contributed by atoms with Crippen LogP contribution in [0.25, 0.3) is 23.4 Å².